The molecule has 1 aliphatic rings. The number of anilines is 1. The lowest BCUT2D eigenvalue weighted by molar-refractivity contribution is 0.250. The maximum absolute atomic E-state index is 4.76. The number of hydrogen-bond acceptors (Lipinski definition) is 5. The van der Waals surface area contributed by atoms with Gasteiger partial charge in [0.25, 0.3) is 0 Å². The minimum absolute atomic E-state index is 1.01. The molecular formula is C17H18N4S. The van der Waals surface area contributed by atoms with Gasteiger partial charge in [-0.1, -0.05) is 23.5 Å². The van der Waals surface area contributed by atoms with Gasteiger partial charge in [-0.05, 0) is 29.8 Å². The Hall–Kier alpha value is -1.98. The highest BCUT2D eigenvalue weighted by atomic mass is 32.1. The van der Waals surface area contributed by atoms with Crippen LogP contribution in [0, 0.1) is 0 Å². The lowest BCUT2D eigenvalue weighted by Crippen LogP contribution is -2.45. The molecule has 5 heteroatoms. The van der Waals surface area contributed by atoms with E-state index >= 15 is 0 Å². The van der Waals surface area contributed by atoms with Gasteiger partial charge in [0.1, 0.15) is 0 Å². The van der Waals surface area contributed by atoms with E-state index in [1.165, 1.54) is 10.3 Å². The topological polar surface area (TPSA) is 32.3 Å². The summed E-state index contributed by atoms with van der Waals surface area (Å²) in [6.07, 6.45) is 3.74. The Morgan fingerprint density at radius 1 is 0.955 bits per heavy atom. The van der Waals surface area contributed by atoms with E-state index in [4.69, 9.17) is 4.98 Å². The SMILES string of the molecule is c1ccc2sc(N3CCN(Cc4ccncc4)CC3)nc2c1. The van der Waals surface area contributed by atoms with E-state index in [1.807, 2.05) is 12.4 Å². The highest BCUT2D eigenvalue weighted by molar-refractivity contribution is 7.22. The van der Waals surface area contributed by atoms with Crippen LogP contribution in [-0.2, 0) is 6.54 Å². The summed E-state index contributed by atoms with van der Waals surface area (Å²) >= 11 is 1.80. The van der Waals surface area contributed by atoms with E-state index < -0.39 is 0 Å². The van der Waals surface area contributed by atoms with Crippen molar-refractivity contribution in [1.82, 2.24) is 14.9 Å². The molecule has 0 radical (unpaired) electrons. The van der Waals surface area contributed by atoms with E-state index in [-0.39, 0.29) is 0 Å². The number of pyridine rings is 1. The molecule has 4 nitrogen and oxygen atoms in total. The molecule has 1 aromatic carbocycles. The van der Waals surface area contributed by atoms with Gasteiger partial charge in [-0.3, -0.25) is 9.88 Å². The molecule has 4 rings (SSSR count). The molecule has 22 heavy (non-hydrogen) atoms. The standard InChI is InChI=1S/C17H18N4S/c1-2-4-16-15(3-1)19-17(22-16)21-11-9-20(10-12-21)13-14-5-7-18-8-6-14/h1-8H,9-13H2. The van der Waals surface area contributed by atoms with E-state index in [0.29, 0.717) is 0 Å². The third-order valence-corrected chi connectivity index (χ3v) is 5.18. The van der Waals surface area contributed by atoms with Crippen molar-refractivity contribution in [1.29, 1.82) is 0 Å². The first kappa shape index (κ1) is 13.7. The molecule has 0 N–H and O–H groups in total. The Kier molecular flexibility index (Phi) is 3.74. The van der Waals surface area contributed by atoms with Crippen LogP contribution >= 0.6 is 11.3 Å². The van der Waals surface area contributed by atoms with Crippen molar-refractivity contribution in [2.45, 2.75) is 6.54 Å². The smallest absolute Gasteiger partial charge is 0.186 e. The molecule has 1 aliphatic heterocycles. The summed E-state index contributed by atoms with van der Waals surface area (Å²) in [5, 5.41) is 1.16. The van der Waals surface area contributed by atoms with Gasteiger partial charge < -0.3 is 4.90 Å². The summed E-state index contributed by atoms with van der Waals surface area (Å²) in [6.45, 7) is 5.27. The average Bonchev–Trinajstić information content (AvgIpc) is 3.00. The summed E-state index contributed by atoms with van der Waals surface area (Å²) in [6, 6.07) is 12.6. The van der Waals surface area contributed by atoms with Crippen LogP contribution in [0.15, 0.2) is 48.8 Å². The van der Waals surface area contributed by atoms with Crippen LogP contribution in [0.3, 0.4) is 0 Å². The Morgan fingerprint density at radius 3 is 2.50 bits per heavy atom. The van der Waals surface area contributed by atoms with Crippen LogP contribution in [0.2, 0.25) is 0 Å². The van der Waals surface area contributed by atoms with Gasteiger partial charge in [0.2, 0.25) is 0 Å². The quantitative estimate of drug-likeness (QED) is 0.744. The van der Waals surface area contributed by atoms with Gasteiger partial charge >= 0.3 is 0 Å². The monoisotopic (exact) mass is 310 g/mol. The fraction of sp³-hybridized carbons (Fsp3) is 0.294. The van der Waals surface area contributed by atoms with Crippen LogP contribution in [0.4, 0.5) is 5.13 Å². The van der Waals surface area contributed by atoms with E-state index in [2.05, 4.69) is 51.2 Å². The molecule has 3 aromatic rings. The molecule has 1 fully saturated rings. The van der Waals surface area contributed by atoms with Crippen LogP contribution in [0.1, 0.15) is 5.56 Å². The molecule has 2 aromatic heterocycles. The van der Waals surface area contributed by atoms with E-state index in [9.17, 15) is 0 Å². The number of aromatic nitrogens is 2. The highest BCUT2D eigenvalue weighted by Gasteiger charge is 2.19. The molecule has 0 bridgehead atoms. The average molecular weight is 310 g/mol. The summed E-state index contributed by atoms with van der Waals surface area (Å²) in [7, 11) is 0. The molecule has 3 heterocycles. The summed E-state index contributed by atoms with van der Waals surface area (Å²) in [5.74, 6) is 0. The molecular weight excluding hydrogens is 292 g/mol. The van der Waals surface area contributed by atoms with Crippen molar-refractivity contribution in [2.75, 3.05) is 31.1 Å². The van der Waals surface area contributed by atoms with Crippen molar-refractivity contribution in [2.24, 2.45) is 0 Å². The van der Waals surface area contributed by atoms with E-state index in [1.54, 1.807) is 11.3 Å². The van der Waals surface area contributed by atoms with Gasteiger partial charge in [-0.15, -0.1) is 0 Å². The molecule has 0 saturated carbocycles. The number of fused-ring (bicyclic) bond motifs is 1. The number of rotatable bonds is 3. The van der Waals surface area contributed by atoms with Crippen molar-refractivity contribution in [3.05, 3.63) is 54.4 Å². The Balaban J connectivity index is 1.41. The first-order valence-electron chi connectivity index (χ1n) is 7.60. The second-order valence-electron chi connectivity index (χ2n) is 5.58. The largest absolute Gasteiger partial charge is 0.345 e. The summed E-state index contributed by atoms with van der Waals surface area (Å²) in [5.41, 5.74) is 2.45. The second kappa shape index (κ2) is 6.02. The van der Waals surface area contributed by atoms with Crippen molar-refractivity contribution < 1.29 is 0 Å². The molecule has 0 unspecified atom stereocenters. The molecule has 0 spiro atoms. The predicted octanol–water partition coefficient (Wildman–Crippen LogP) is 3.01. The molecule has 1 saturated heterocycles. The van der Waals surface area contributed by atoms with Crippen molar-refractivity contribution in [3.63, 3.8) is 0 Å². The third-order valence-electron chi connectivity index (χ3n) is 4.08. The van der Waals surface area contributed by atoms with Crippen molar-refractivity contribution >= 4 is 26.7 Å². The lowest BCUT2D eigenvalue weighted by Gasteiger charge is -2.34. The number of nitrogens with zero attached hydrogens (tertiary/aromatic N) is 4. The fourth-order valence-electron chi connectivity index (χ4n) is 2.84. The number of benzene rings is 1. The molecule has 0 amide bonds. The summed E-state index contributed by atoms with van der Waals surface area (Å²) in [4.78, 5) is 13.7. The fourth-order valence-corrected chi connectivity index (χ4v) is 3.86. The zero-order chi connectivity index (χ0) is 14.8. The minimum Gasteiger partial charge on any atom is -0.345 e. The van der Waals surface area contributed by atoms with Crippen LogP contribution < -0.4 is 4.90 Å². The maximum Gasteiger partial charge on any atom is 0.186 e. The van der Waals surface area contributed by atoms with Gasteiger partial charge in [0.15, 0.2) is 5.13 Å². The predicted molar refractivity (Wildman–Crippen MR) is 91.3 cm³/mol. The number of piperazine rings is 1. The number of thiazole rings is 1. The van der Waals surface area contributed by atoms with Gasteiger partial charge in [-0.25, -0.2) is 4.98 Å². The first-order chi connectivity index (χ1) is 10.9. The van der Waals surface area contributed by atoms with Crippen LogP contribution in [-0.4, -0.2) is 41.0 Å². The maximum atomic E-state index is 4.76. The highest BCUT2D eigenvalue weighted by Crippen LogP contribution is 2.29. The van der Waals surface area contributed by atoms with Crippen molar-refractivity contribution in [3.8, 4) is 0 Å². The number of para-hydroxylation sites is 1. The first-order valence-corrected chi connectivity index (χ1v) is 8.42. The van der Waals surface area contributed by atoms with Gasteiger partial charge in [0.05, 0.1) is 10.2 Å². The van der Waals surface area contributed by atoms with E-state index in [0.717, 1.165) is 43.4 Å². The van der Waals surface area contributed by atoms with Crippen LogP contribution in [0.5, 0.6) is 0 Å². The Bertz CT molecular complexity index is 714. The normalized spacial score (nSPS) is 16.3. The molecule has 0 aliphatic carbocycles. The zero-order valence-electron chi connectivity index (χ0n) is 12.4. The Labute approximate surface area is 134 Å². The number of hydrogen-bond donors (Lipinski definition) is 0. The second-order valence-corrected chi connectivity index (χ2v) is 6.59. The van der Waals surface area contributed by atoms with Gasteiger partial charge in [0, 0.05) is 45.1 Å². The zero-order valence-corrected chi connectivity index (χ0v) is 13.2. The lowest BCUT2D eigenvalue weighted by atomic mass is 10.2. The van der Waals surface area contributed by atoms with Gasteiger partial charge in [-0.2, -0.15) is 0 Å². The molecule has 112 valence electrons. The molecule has 0 atom stereocenters. The Morgan fingerprint density at radius 2 is 1.73 bits per heavy atom. The third kappa shape index (κ3) is 2.82. The summed E-state index contributed by atoms with van der Waals surface area (Å²) < 4.78 is 1.27. The minimum atomic E-state index is 1.01. The van der Waals surface area contributed by atoms with Crippen LogP contribution in [0.25, 0.3) is 10.2 Å².